The first kappa shape index (κ1) is 26.2. The zero-order valence-electron chi connectivity index (χ0n) is 21.9. The van der Waals surface area contributed by atoms with Crippen LogP contribution < -0.4 is 9.47 Å². The molecule has 0 bridgehead atoms. The van der Waals surface area contributed by atoms with Crippen molar-refractivity contribution in [3.05, 3.63) is 87.0 Å². The molecule has 3 aromatic rings. The van der Waals surface area contributed by atoms with Gasteiger partial charge in [0.25, 0.3) is 5.69 Å². The van der Waals surface area contributed by atoms with Crippen molar-refractivity contribution in [1.82, 2.24) is 0 Å². The Balaban J connectivity index is 1.63. The highest BCUT2D eigenvalue weighted by Crippen LogP contribution is 2.47. The molecule has 0 saturated carbocycles. The van der Waals surface area contributed by atoms with Crippen LogP contribution in [0.2, 0.25) is 0 Å². The molecule has 8 nitrogen and oxygen atoms in total. The Labute approximate surface area is 225 Å². The Morgan fingerprint density at radius 1 is 1.05 bits per heavy atom. The monoisotopic (exact) mass is 527 g/mol. The summed E-state index contributed by atoms with van der Waals surface area (Å²) in [6.45, 7) is 3.99. The molecular formula is C31H29NO7. The van der Waals surface area contributed by atoms with Crippen molar-refractivity contribution in [3.8, 4) is 11.5 Å². The van der Waals surface area contributed by atoms with Crippen LogP contribution in [0.4, 0.5) is 5.69 Å². The van der Waals surface area contributed by atoms with Gasteiger partial charge in [-0.25, -0.2) is 4.79 Å². The molecule has 0 saturated heterocycles. The first-order valence-corrected chi connectivity index (χ1v) is 13.0. The molecule has 0 spiro atoms. The average Bonchev–Trinajstić information content (AvgIpc) is 3.39. The van der Waals surface area contributed by atoms with Gasteiger partial charge in [-0.1, -0.05) is 47.6 Å². The van der Waals surface area contributed by atoms with Crippen molar-refractivity contribution >= 4 is 39.5 Å². The number of hydrogen-bond acceptors (Lipinski definition) is 7. The van der Waals surface area contributed by atoms with E-state index in [-0.39, 0.29) is 23.4 Å². The maximum Gasteiger partial charge on any atom is 0.339 e. The largest absolute Gasteiger partial charge is 0.454 e. The molecule has 8 heteroatoms. The number of nitro groups is 1. The lowest BCUT2D eigenvalue weighted by atomic mass is 9.95. The van der Waals surface area contributed by atoms with Crippen LogP contribution in [0.1, 0.15) is 56.3 Å². The number of ether oxygens (including phenoxy) is 3. The van der Waals surface area contributed by atoms with E-state index in [1.807, 2.05) is 19.1 Å². The molecule has 2 aliphatic rings. The van der Waals surface area contributed by atoms with Crippen molar-refractivity contribution in [2.45, 2.75) is 52.1 Å². The van der Waals surface area contributed by atoms with Crippen molar-refractivity contribution in [3.63, 3.8) is 0 Å². The fraction of sp³-hybridized carbons (Fsp3) is 0.290. The Hall–Kier alpha value is -4.46. The van der Waals surface area contributed by atoms with Crippen LogP contribution in [0.25, 0.3) is 21.5 Å². The predicted molar refractivity (Wildman–Crippen MR) is 148 cm³/mol. The summed E-state index contributed by atoms with van der Waals surface area (Å²) in [6.07, 6.45) is 9.43. The Morgan fingerprint density at radius 2 is 1.82 bits per heavy atom. The fourth-order valence-corrected chi connectivity index (χ4v) is 5.23. The number of carbonyl (C=O) groups is 2. The van der Waals surface area contributed by atoms with Crippen molar-refractivity contribution in [2.24, 2.45) is 0 Å². The SMILES string of the molecule is C/C1=C/CC/C(C=O)=C\[C@H](OC(=O)c2cc3c(c4c2c([N+](=O)[O-])cc2ccccc24)OCO3)C/C(C)=C/CC1. The summed E-state index contributed by atoms with van der Waals surface area (Å²) >= 11 is 0. The smallest absolute Gasteiger partial charge is 0.339 e. The Bertz CT molecular complexity index is 1580. The second-order valence-corrected chi connectivity index (χ2v) is 9.97. The van der Waals surface area contributed by atoms with Gasteiger partial charge >= 0.3 is 5.97 Å². The van der Waals surface area contributed by atoms with Gasteiger partial charge in [-0.2, -0.15) is 0 Å². The van der Waals surface area contributed by atoms with Gasteiger partial charge in [-0.05, 0) is 68.0 Å². The Kier molecular flexibility index (Phi) is 7.45. The van der Waals surface area contributed by atoms with Gasteiger partial charge in [0.2, 0.25) is 6.79 Å². The highest BCUT2D eigenvalue weighted by molar-refractivity contribution is 6.21. The first-order chi connectivity index (χ1) is 18.9. The van der Waals surface area contributed by atoms with E-state index in [9.17, 15) is 19.7 Å². The summed E-state index contributed by atoms with van der Waals surface area (Å²) in [6, 6.07) is 10.1. The molecule has 1 aliphatic heterocycles. The summed E-state index contributed by atoms with van der Waals surface area (Å²) in [5.74, 6) is -0.0577. The fourth-order valence-electron chi connectivity index (χ4n) is 5.23. The maximum absolute atomic E-state index is 13.8. The van der Waals surface area contributed by atoms with E-state index < -0.39 is 17.0 Å². The first-order valence-electron chi connectivity index (χ1n) is 13.0. The normalized spacial score (nSPS) is 21.9. The van der Waals surface area contributed by atoms with Gasteiger partial charge in [-0.15, -0.1) is 0 Å². The number of non-ortho nitro benzene ring substituents is 1. The highest BCUT2D eigenvalue weighted by atomic mass is 16.7. The Morgan fingerprint density at radius 3 is 2.62 bits per heavy atom. The summed E-state index contributed by atoms with van der Waals surface area (Å²) in [7, 11) is 0. The lowest BCUT2D eigenvalue weighted by Crippen LogP contribution is -2.18. The lowest BCUT2D eigenvalue weighted by molar-refractivity contribution is -0.383. The third-order valence-corrected chi connectivity index (χ3v) is 7.15. The zero-order valence-corrected chi connectivity index (χ0v) is 21.9. The molecule has 3 aromatic carbocycles. The van der Waals surface area contributed by atoms with Crippen LogP contribution in [0.5, 0.6) is 11.5 Å². The number of esters is 1. The minimum Gasteiger partial charge on any atom is -0.454 e. The topological polar surface area (TPSA) is 105 Å². The van der Waals surface area contributed by atoms with E-state index >= 15 is 0 Å². The predicted octanol–water partition coefficient (Wildman–Crippen LogP) is 7.14. The second-order valence-electron chi connectivity index (χ2n) is 9.97. The van der Waals surface area contributed by atoms with Crippen molar-refractivity contribution in [2.75, 3.05) is 6.79 Å². The van der Waals surface area contributed by atoms with Crippen molar-refractivity contribution < 1.29 is 28.7 Å². The summed E-state index contributed by atoms with van der Waals surface area (Å²) in [4.78, 5) is 37.3. The standard InChI is InChI=1S/C31H29NO7/c1-19-7-5-9-20(2)13-23(14-21(17-33)10-6-8-19)39-31(34)25-16-27-30(38-18-37-27)29-24-12-4-3-11-22(24)15-26(28(25)29)32(35)36/h3-4,8-9,11-12,14-17,23H,5-7,10,13,18H2,1-2H3/b19-8-,20-9+,21-14+/t23-/m1/s1. The highest BCUT2D eigenvalue weighted by Gasteiger charge is 2.31. The lowest BCUT2D eigenvalue weighted by Gasteiger charge is -2.18. The maximum atomic E-state index is 13.8. The number of rotatable bonds is 4. The van der Waals surface area contributed by atoms with Crippen LogP contribution in [0, 0.1) is 10.1 Å². The number of benzene rings is 3. The number of allylic oxidation sites excluding steroid dienone is 4. The van der Waals surface area contributed by atoms with Gasteiger partial charge in [0.15, 0.2) is 11.5 Å². The van der Waals surface area contributed by atoms with Gasteiger partial charge in [0.1, 0.15) is 12.4 Å². The minimum atomic E-state index is -0.737. The molecule has 0 radical (unpaired) electrons. The third kappa shape index (κ3) is 5.41. The van der Waals surface area contributed by atoms with Gasteiger partial charge in [0.05, 0.1) is 15.9 Å². The summed E-state index contributed by atoms with van der Waals surface area (Å²) in [5, 5.41) is 14.1. The second kappa shape index (κ2) is 11.1. The number of nitrogens with zero attached hydrogens (tertiary/aromatic N) is 1. The van der Waals surface area contributed by atoms with Crippen LogP contribution in [-0.4, -0.2) is 30.1 Å². The molecule has 1 heterocycles. The van der Waals surface area contributed by atoms with Gasteiger partial charge in [0, 0.05) is 17.9 Å². The number of aldehydes is 1. The molecule has 200 valence electrons. The average molecular weight is 528 g/mol. The van der Waals surface area contributed by atoms with E-state index in [2.05, 4.69) is 19.1 Å². The van der Waals surface area contributed by atoms with E-state index in [1.165, 1.54) is 17.7 Å². The van der Waals surface area contributed by atoms with Gasteiger partial charge in [-0.3, -0.25) is 14.9 Å². The number of nitro benzene ring substituents is 1. The van der Waals surface area contributed by atoms with Crippen LogP contribution in [-0.2, 0) is 9.53 Å². The molecule has 0 unspecified atom stereocenters. The zero-order chi connectivity index (χ0) is 27.5. The number of carbonyl (C=O) groups excluding carboxylic acids is 2. The van der Waals surface area contributed by atoms with Crippen LogP contribution in [0.3, 0.4) is 0 Å². The summed E-state index contributed by atoms with van der Waals surface area (Å²) in [5.41, 5.74) is 2.62. The van der Waals surface area contributed by atoms with E-state index in [4.69, 9.17) is 14.2 Å². The van der Waals surface area contributed by atoms with E-state index in [0.29, 0.717) is 52.5 Å². The van der Waals surface area contributed by atoms with Crippen LogP contribution in [0.15, 0.2) is 71.3 Å². The van der Waals surface area contributed by atoms with Crippen molar-refractivity contribution in [1.29, 1.82) is 0 Å². The minimum absolute atomic E-state index is 0.0130. The molecule has 0 N–H and O–H groups in total. The number of hydrogen-bond donors (Lipinski definition) is 0. The molecular weight excluding hydrogens is 498 g/mol. The summed E-state index contributed by atoms with van der Waals surface area (Å²) < 4.78 is 17.3. The van der Waals surface area contributed by atoms with Crippen LogP contribution >= 0.6 is 0 Å². The molecule has 0 fully saturated rings. The third-order valence-electron chi connectivity index (χ3n) is 7.15. The van der Waals surface area contributed by atoms with E-state index in [0.717, 1.165) is 24.7 Å². The molecule has 1 aliphatic carbocycles. The molecule has 0 amide bonds. The van der Waals surface area contributed by atoms with E-state index in [1.54, 1.807) is 18.2 Å². The molecule has 39 heavy (non-hydrogen) atoms. The quantitative estimate of drug-likeness (QED) is 0.0887. The molecule has 0 aromatic heterocycles. The number of fused-ring (bicyclic) bond motifs is 5. The van der Waals surface area contributed by atoms with Gasteiger partial charge < -0.3 is 14.2 Å². The molecule has 5 rings (SSSR count). The molecule has 1 atom stereocenters.